The molecule has 7 nitrogen and oxygen atoms in total. The summed E-state index contributed by atoms with van der Waals surface area (Å²) in [6.45, 7) is 6.25. The van der Waals surface area contributed by atoms with Crippen LogP contribution < -0.4 is 14.7 Å². The van der Waals surface area contributed by atoms with E-state index in [1.165, 1.54) is 17.5 Å². The summed E-state index contributed by atoms with van der Waals surface area (Å²) in [5, 5.41) is 10.0. The maximum absolute atomic E-state index is 13.9. The summed E-state index contributed by atoms with van der Waals surface area (Å²) in [6, 6.07) is 16.5. The average Bonchev–Trinajstić information content (AvgIpc) is 2.95. The normalized spacial score (nSPS) is 20.1. The standard InChI is InChI=1S/C33H45N3O4/c1-24(2)40-32(38)17-8-25-6-5-7-30(22-25)36(33(39)27-9-15-31(37)16-10-27)23-26-18-20-35(21-19-26)29-13-11-28(12-14-29)34(3)4/h5-8,11-14,17,22,24,26-27,31,37H,9-10,15-16,18-21,23H2,1-4H3/b17-8+. The third kappa shape index (κ3) is 8.10. The smallest absolute Gasteiger partial charge is 0.331 e. The molecule has 2 fully saturated rings. The van der Waals surface area contributed by atoms with Crippen LogP contribution in [0, 0.1) is 11.8 Å². The number of aliphatic hydroxyl groups is 1. The summed E-state index contributed by atoms with van der Waals surface area (Å²) in [5.74, 6) is 0.0979. The van der Waals surface area contributed by atoms with Gasteiger partial charge in [0, 0.05) is 62.8 Å². The lowest BCUT2D eigenvalue weighted by Crippen LogP contribution is -2.44. The van der Waals surface area contributed by atoms with Crippen LogP contribution >= 0.6 is 0 Å². The second kappa shape index (κ2) is 13.8. The fourth-order valence-corrected chi connectivity index (χ4v) is 5.69. The van der Waals surface area contributed by atoms with Gasteiger partial charge in [-0.1, -0.05) is 12.1 Å². The van der Waals surface area contributed by atoms with Gasteiger partial charge in [0.15, 0.2) is 0 Å². The first-order valence-corrected chi connectivity index (χ1v) is 14.7. The van der Waals surface area contributed by atoms with Crippen molar-refractivity contribution in [2.75, 3.05) is 48.4 Å². The van der Waals surface area contributed by atoms with Gasteiger partial charge in [-0.25, -0.2) is 4.79 Å². The summed E-state index contributed by atoms with van der Waals surface area (Å²) in [6.07, 6.45) is 7.54. The van der Waals surface area contributed by atoms with Crippen molar-refractivity contribution in [1.29, 1.82) is 0 Å². The molecule has 0 aromatic heterocycles. The summed E-state index contributed by atoms with van der Waals surface area (Å²) < 4.78 is 5.22. The predicted octanol–water partition coefficient (Wildman–Crippen LogP) is 5.52. The molecule has 2 aliphatic rings. The van der Waals surface area contributed by atoms with Gasteiger partial charge in [0.1, 0.15) is 0 Å². The molecule has 40 heavy (non-hydrogen) atoms. The van der Waals surface area contributed by atoms with Gasteiger partial charge < -0.3 is 24.5 Å². The number of esters is 1. The van der Waals surface area contributed by atoms with Crippen LogP contribution in [0.15, 0.2) is 54.6 Å². The molecule has 0 atom stereocenters. The quantitative estimate of drug-likeness (QED) is 0.329. The first-order valence-electron chi connectivity index (χ1n) is 14.7. The molecule has 1 heterocycles. The lowest BCUT2D eigenvalue weighted by molar-refractivity contribution is -0.141. The second-order valence-electron chi connectivity index (χ2n) is 11.7. The zero-order chi connectivity index (χ0) is 28.6. The Labute approximate surface area is 239 Å². The number of anilines is 3. The van der Waals surface area contributed by atoms with E-state index >= 15 is 0 Å². The first kappa shape index (κ1) is 29.7. The van der Waals surface area contributed by atoms with Gasteiger partial charge in [0.05, 0.1) is 12.2 Å². The number of aliphatic hydroxyl groups excluding tert-OH is 1. The average molecular weight is 548 g/mol. The van der Waals surface area contributed by atoms with Crippen molar-refractivity contribution >= 4 is 35.0 Å². The molecule has 0 spiro atoms. The van der Waals surface area contributed by atoms with E-state index in [2.05, 4.69) is 48.2 Å². The molecule has 1 N–H and O–H groups in total. The molecule has 2 aromatic carbocycles. The Morgan fingerprint density at radius 1 is 0.975 bits per heavy atom. The van der Waals surface area contributed by atoms with Crippen molar-refractivity contribution in [2.24, 2.45) is 11.8 Å². The fraction of sp³-hybridized carbons (Fsp3) is 0.515. The molecule has 1 aliphatic carbocycles. The lowest BCUT2D eigenvalue weighted by atomic mass is 9.86. The summed E-state index contributed by atoms with van der Waals surface area (Å²) in [4.78, 5) is 32.4. The third-order valence-corrected chi connectivity index (χ3v) is 8.04. The van der Waals surface area contributed by atoms with Crippen molar-refractivity contribution in [3.8, 4) is 0 Å². The minimum absolute atomic E-state index is 0.0704. The molecular weight excluding hydrogens is 502 g/mol. The Bertz CT molecular complexity index is 1140. The van der Waals surface area contributed by atoms with Crippen LogP contribution in [-0.4, -0.2) is 62.9 Å². The van der Waals surface area contributed by atoms with Gasteiger partial charge in [0.25, 0.3) is 0 Å². The SMILES string of the molecule is CC(C)OC(=O)/C=C/c1cccc(N(CC2CCN(c3ccc(N(C)C)cc3)CC2)C(=O)C2CCC(O)CC2)c1. The molecule has 1 saturated carbocycles. The molecule has 216 valence electrons. The number of piperidine rings is 1. The highest BCUT2D eigenvalue weighted by molar-refractivity contribution is 5.95. The van der Waals surface area contributed by atoms with Gasteiger partial charge >= 0.3 is 5.97 Å². The van der Waals surface area contributed by atoms with Crippen molar-refractivity contribution < 1.29 is 19.4 Å². The molecule has 0 radical (unpaired) electrons. The van der Waals surface area contributed by atoms with Gasteiger partial charge in [0.2, 0.25) is 5.91 Å². The second-order valence-corrected chi connectivity index (χ2v) is 11.7. The van der Waals surface area contributed by atoms with Gasteiger partial charge in [-0.15, -0.1) is 0 Å². The van der Waals surface area contributed by atoms with Crippen LogP contribution in [-0.2, 0) is 14.3 Å². The van der Waals surface area contributed by atoms with Gasteiger partial charge in [-0.3, -0.25) is 4.79 Å². The van der Waals surface area contributed by atoms with Crippen LogP contribution in [0.5, 0.6) is 0 Å². The fourth-order valence-electron chi connectivity index (χ4n) is 5.69. The number of carbonyl (C=O) groups excluding carboxylic acids is 2. The highest BCUT2D eigenvalue weighted by Crippen LogP contribution is 2.31. The van der Waals surface area contributed by atoms with E-state index in [-0.39, 0.29) is 30.0 Å². The highest BCUT2D eigenvalue weighted by Gasteiger charge is 2.32. The maximum Gasteiger partial charge on any atom is 0.331 e. The van der Waals surface area contributed by atoms with Crippen LogP contribution in [0.3, 0.4) is 0 Å². The molecule has 7 heteroatoms. The van der Waals surface area contributed by atoms with Gasteiger partial charge in [-0.2, -0.15) is 0 Å². The van der Waals surface area contributed by atoms with Crippen LogP contribution in [0.2, 0.25) is 0 Å². The van der Waals surface area contributed by atoms with Crippen molar-refractivity contribution in [1.82, 2.24) is 0 Å². The summed E-state index contributed by atoms with van der Waals surface area (Å²) >= 11 is 0. The number of hydrogen-bond acceptors (Lipinski definition) is 6. The monoisotopic (exact) mass is 547 g/mol. The summed E-state index contributed by atoms with van der Waals surface area (Å²) in [5.41, 5.74) is 4.15. The summed E-state index contributed by atoms with van der Waals surface area (Å²) in [7, 11) is 4.10. The number of benzene rings is 2. The Morgan fingerprint density at radius 3 is 2.27 bits per heavy atom. The Morgan fingerprint density at radius 2 is 1.65 bits per heavy atom. The molecule has 0 unspecified atom stereocenters. The van der Waals surface area contributed by atoms with E-state index in [0.29, 0.717) is 25.3 Å². The van der Waals surface area contributed by atoms with Crippen molar-refractivity contribution in [3.05, 3.63) is 60.2 Å². The maximum atomic E-state index is 13.9. The van der Waals surface area contributed by atoms with E-state index in [1.54, 1.807) is 6.08 Å². The van der Waals surface area contributed by atoms with Crippen molar-refractivity contribution in [2.45, 2.75) is 64.6 Å². The molecule has 1 aliphatic heterocycles. The molecular formula is C33H45N3O4. The van der Waals surface area contributed by atoms with Crippen LogP contribution in [0.4, 0.5) is 17.1 Å². The lowest BCUT2D eigenvalue weighted by Gasteiger charge is -2.37. The Hall–Kier alpha value is -3.32. The van der Waals surface area contributed by atoms with Gasteiger partial charge in [-0.05, 0) is 106 Å². The number of rotatable bonds is 9. The first-order chi connectivity index (χ1) is 19.2. The zero-order valence-corrected chi connectivity index (χ0v) is 24.5. The minimum atomic E-state index is -0.378. The number of nitrogens with zero attached hydrogens (tertiary/aromatic N) is 3. The third-order valence-electron chi connectivity index (χ3n) is 8.04. The largest absolute Gasteiger partial charge is 0.460 e. The molecule has 4 rings (SSSR count). The van der Waals surface area contributed by atoms with E-state index in [0.717, 1.165) is 50.0 Å². The predicted molar refractivity (Wildman–Crippen MR) is 163 cm³/mol. The Balaban J connectivity index is 1.47. The topological polar surface area (TPSA) is 73.3 Å². The minimum Gasteiger partial charge on any atom is -0.460 e. The number of hydrogen-bond donors (Lipinski definition) is 1. The highest BCUT2D eigenvalue weighted by atomic mass is 16.5. The van der Waals surface area contributed by atoms with E-state index < -0.39 is 0 Å². The number of carbonyl (C=O) groups is 2. The molecule has 0 bridgehead atoms. The molecule has 1 amide bonds. The van der Waals surface area contributed by atoms with E-state index in [1.807, 2.05) is 43.0 Å². The Kier molecular flexibility index (Phi) is 10.3. The van der Waals surface area contributed by atoms with E-state index in [4.69, 9.17) is 4.74 Å². The van der Waals surface area contributed by atoms with E-state index in [9.17, 15) is 14.7 Å². The molecule has 1 saturated heterocycles. The molecule has 2 aromatic rings. The van der Waals surface area contributed by atoms with Crippen LogP contribution in [0.25, 0.3) is 6.08 Å². The number of ether oxygens (including phenoxy) is 1. The van der Waals surface area contributed by atoms with Crippen molar-refractivity contribution in [3.63, 3.8) is 0 Å². The van der Waals surface area contributed by atoms with Crippen LogP contribution in [0.1, 0.15) is 57.9 Å². The number of amides is 1. The zero-order valence-electron chi connectivity index (χ0n) is 24.5.